The van der Waals surface area contributed by atoms with Gasteiger partial charge in [-0.2, -0.15) is 0 Å². The van der Waals surface area contributed by atoms with Crippen LogP contribution in [0.2, 0.25) is 0 Å². The van der Waals surface area contributed by atoms with Gasteiger partial charge < -0.3 is 24.8 Å². The van der Waals surface area contributed by atoms with Crippen LogP contribution in [0, 0.1) is 0 Å². The Bertz CT molecular complexity index is 1760. The number of benzene rings is 4. The van der Waals surface area contributed by atoms with E-state index in [1.165, 1.54) is 39.8 Å². The molecule has 0 atom stereocenters. The quantitative estimate of drug-likeness (QED) is 0.204. The molecule has 0 unspecified atom stereocenters. The van der Waals surface area contributed by atoms with E-state index in [2.05, 4.69) is 159 Å². The van der Waals surface area contributed by atoms with Crippen LogP contribution in [0.1, 0.15) is 125 Å². The summed E-state index contributed by atoms with van der Waals surface area (Å²) in [6.45, 7) is 21.4. The third kappa shape index (κ3) is 7.13. The Hall–Kier alpha value is -2.31. The minimum absolute atomic E-state index is 0. The van der Waals surface area contributed by atoms with E-state index < -0.39 is 21.3 Å². The van der Waals surface area contributed by atoms with Crippen molar-refractivity contribution in [2.45, 2.75) is 102 Å². The molecule has 4 aromatic carbocycles. The van der Waals surface area contributed by atoms with Crippen molar-refractivity contribution in [1.82, 2.24) is 0 Å². The molecule has 6 rings (SSSR count). The van der Waals surface area contributed by atoms with Crippen LogP contribution >= 0.6 is 0 Å². The maximum atomic E-state index is 2.63. The molecule has 0 aromatic heterocycles. The maximum absolute atomic E-state index is 2.85. The van der Waals surface area contributed by atoms with Gasteiger partial charge in [0.25, 0.3) is 0 Å². The van der Waals surface area contributed by atoms with Crippen molar-refractivity contribution in [3.63, 3.8) is 0 Å². The van der Waals surface area contributed by atoms with Gasteiger partial charge in [-0.25, -0.2) is 0 Å². The molecule has 4 aromatic rings. The molecule has 48 heavy (non-hydrogen) atoms. The Balaban J connectivity index is 0.00000260. The average molecular weight is 755 g/mol. The van der Waals surface area contributed by atoms with Crippen molar-refractivity contribution < 1.29 is 46.1 Å². The van der Waals surface area contributed by atoms with Gasteiger partial charge in [-0.3, -0.25) is 0 Å². The van der Waals surface area contributed by atoms with Crippen LogP contribution in [0.4, 0.5) is 0 Å². The van der Waals surface area contributed by atoms with Gasteiger partial charge in [0, 0.05) is 0 Å². The minimum Gasteiger partial charge on any atom is -1.00 e. The summed E-state index contributed by atoms with van der Waals surface area (Å²) >= 11 is -2.85. The summed E-state index contributed by atoms with van der Waals surface area (Å²) in [7, 11) is 0. The fourth-order valence-electron chi connectivity index (χ4n) is 7.97. The van der Waals surface area contributed by atoms with E-state index in [4.69, 9.17) is 0 Å². The summed E-state index contributed by atoms with van der Waals surface area (Å²) in [4.78, 5) is 0. The topological polar surface area (TPSA) is 0 Å². The van der Waals surface area contributed by atoms with E-state index >= 15 is 0 Å². The number of halogens is 2. The molecule has 2 aliphatic carbocycles. The van der Waals surface area contributed by atoms with Gasteiger partial charge in [0.1, 0.15) is 0 Å². The van der Waals surface area contributed by atoms with Crippen molar-refractivity contribution in [2.24, 2.45) is 0 Å². The molecule has 0 spiro atoms. The summed E-state index contributed by atoms with van der Waals surface area (Å²) in [5.41, 5.74) is 17.1. The third-order valence-corrected chi connectivity index (χ3v) is 18.9. The Morgan fingerprint density at radius 1 is 0.583 bits per heavy atom. The molecule has 0 nitrogen and oxygen atoms in total. The maximum Gasteiger partial charge on any atom is -1.00 e. The van der Waals surface area contributed by atoms with Crippen LogP contribution in [-0.2, 0) is 32.1 Å². The Kier molecular flexibility index (Phi) is 12.3. The first kappa shape index (κ1) is 38.5. The Morgan fingerprint density at radius 3 is 1.40 bits per heavy atom. The largest absolute Gasteiger partial charge is 1.00 e. The van der Waals surface area contributed by atoms with Crippen molar-refractivity contribution in [1.29, 1.82) is 0 Å². The normalized spacial score (nSPS) is 14.2. The van der Waals surface area contributed by atoms with E-state index in [1.807, 2.05) is 3.28 Å². The average Bonchev–Trinajstić information content (AvgIpc) is 3.57. The molecule has 2 aliphatic rings. The summed E-state index contributed by atoms with van der Waals surface area (Å²) in [5.74, 6) is 0. The predicted molar refractivity (Wildman–Crippen MR) is 197 cm³/mol. The molecule has 0 radical (unpaired) electrons. The molecule has 0 N–H and O–H groups in total. The second kappa shape index (κ2) is 15.3. The van der Waals surface area contributed by atoms with Crippen LogP contribution in [-0.4, -0.2) is 3.21 Å². The van der Waals surface area contributed by atoms with Gasteiger partial charge >= 0.3 is 288 Å². The van der Waals surface area contributed by atoms with Crippen molar-refractivity contribution >= 4 is 3.21 Å². The molecule has 250 valence electrons. The zero-order valence-electron chi connectivity index (χ0n) is 30.4. The number of fused-ring (bicyclic) bond motifs is 3. The van der Waals surface area contributed by atoms with Crippen molar-refractivity contribution in [3.05, 3.63) is 150 Å². The fraction of sp³-hybridized carbons (Fsp3) is 0.356. The molecule has 3 heteroatoms. The van der Waals surface area contributed by atoms with E-state index in [0.29, 0.717) is 3.63 Å². The minimum atomic E-state index is -2.85. The van der Waals surface area contributed by atoms with Gasteiger partial charge in [-0.1, -0.05) is 0 Å². The van der Waals surface area contributed by atoms with Crippen LogP contribution in [0.25, 0.3) is 11.1 Å². The first-order valence-electron chi connectivity index (χ1n) is 17.6. The summed E-state index contributed by atoms with van der Waals surface area (Å²) in [6, 6.07) is 37.9. The standard InChI is InChI=1S/C21H25.C13H10.C11H17.2ClH.Zr/c1-20(2,3)16-7-9-18-14(12-16)11-15-13-17(21(4,5)6)8-10-19(15)18;1-3-7-12(8-4-1)11-13-9-5-2-6-10-13;1-4-9-7-8-10(5-2)11(9)6-3;;;/h7-13H,1-6H3;1-10H;4-7H2,1-3H3;2*1H;/q;;;;;+2/p-2. The number of hydrogen-bond acceptors (Lipinski definition) is 0. The van der Waals surface area contributed by atoms with Crippen LogP contribution < -0.4 is 24.8 Å². The molecule has 0 saturated heterocycles. The molecule has 0 amide bonds. The van der Waals surface area contributed by atoms with Gasteiger partial charge in [0.2, 0.25) is 0 Å². The van der Waals surface area contributed by atoms with Crippen LogP contribution in [0.5, 0.6) is 0 Å². The third-order valence-electron chi connectivity index (χ3n) is 10.4. The molecule has 0 aliphatic heterocycles. The van der Waals surface area contributed by atoms with Gasteiger partial charge in [-0.15, -0.1) is 0 Å². The zero-order valence-corrected chi connectivity index (χ0v) is 34.4. The number of allylic oxidation sites excluding steroid dienone is 4. The van der Waals surface area contributed by atoms with Gasteiger partial charge in [0.15, 0.2) is 0 Å². The number of hydrogen-bond donors (Lipinski definition) is 0. The zero-order chi connectivity index (χ0) is 32.8. The summed E-state index contributed by atoms with van der Waals surface area (Å²) in [6.07, 6.45) is 4.58. The van der Waals surface area contributed by atoms with E-state index in [1.54, 1.807) is 31.1 Å². The second-order valence-electron chi connectivity index (χ2n) is 15.3. The molecule has 0 heterocycles. The molecular formula is C45H52Cl2Zr. The fourth-order valence-corrected chi connectivity index (χ4v) is 17.9. The Labute approximate surface area is 311 Å². The molecule has 0 saturated carbocycles. The van der Waals surface area contributed by atoms with Gasteiger partial charge in [0.05, 0.1) is 0 Å². The Morgan fingerprint density at radius 2 is 1.02 bits per heavy atom. The van der Waals surface area contributed by atoms with Crippen molar-refractivity contribution in [2.75, 3.05) is 0 Å². The van der Waals surface area contributed by atoms with E-state index in [-0.39, 0.29) is 35.6 Å². The second-order valence-corrected chi connectivity index (χ2v) is 21.5. The van der Waals surface area contributed by atoms with Crippen LogP contribution in [0.15, 0.2) is 117 Å². The summed E-state index contributed by atoms with van der Waals surface area (Å²) < 4.78 is 3.91. The smallest absolute Gasteiger partial charge is 1.00 e. The van der Waals surface area contributed by atoms with Gasteiger partial charge in [-0.05, 0) is 0 Å². The SMILES string of the molecule is CCC1=C(CC)C(CC)=[C]([Zr+2](=[C](c2ccccc2)c2ccccc2)[CH]2c3cc(C(C)(C)C)ccc3-c3ccc(C(C)(C)C)cc32)C1.[Cl-].[Cl-]. The predicted octanol–water partition coefficient (Wildman–Crippen LogP) is 6.43. The van der Waals surface area contributed by atoms with Crippen molar-refractivity contribution in [3.8, 4) is 11.1 Å². The molecule has 0 fully saturated rings. The van der Waals surface area contributed by atoms with Crippen LogP contribution in [0.3, 0.4) is 0 Å². The monoisotopic (exact) mass is 752 g/mol. The molecule has 0 bridgehead atoms. The van der Waals surface area contributed by atoms with E-state index in [0.717, 1.165) is 19.3 Å². The van der Waals surface area contributed by atoms with E-state index in [9.17, 15) is 0 Å². The molecular weight excluding hydrogens is 703 g/mol. The number of rotatable bonds is 7. The summed E-state index contributed by atoms with van der Waals surface area (Å²) in [5, 5.41) is 0. The first-order valence-corrected chi connectivity index (χ1v) is 21.4. The first-order chi connectivity index (χ1) is 22.0.